The zero-order valence-electron chi connectivity index (χ0n) is 8.62. The third-order valence-corrected chi connectivity index (χ3v) is 2.86. The van der Waals surface area contributed by atoms with Gasteiger partial charge < -0.3 is 10.1 Å². The zero-order valence-corrected chi connectivity index (χ0v) is 8.62. The van der Waals surface area contributed by atoms with Crippen LogP contribution in [0, 0.1) is 0 Å². The Morgan fingerprint density at radius 3 is 2.79 bits per heavy atom. The highest BCUT2D eigenvalue weighted by atomic mass is 16.5. The van der Waals surface area contributed by atoms with Crippen molar-refractivity contribution < 1.29 is 4.74 Å². The summed E-state index contributed by atoms with van der Waals surface area (Å²) in [6, 6.07) is 10.5. The molecule has 76 valence electrons. The Bertz CT molecular complexity index is 276. The van der Waals surface area contributed by atoms with Crippen LogP contribution in [0.25, 0.3) is 0 Å². The molecule has 1 aromatic carbocycles. The molecule has 1 atom stereocenters. The summed E-state index contributed by atoms with van der Waals surface area (Å²) in [6.07, 6.45) is 1.04. The molecule has 1 aliphatic heterocycles. The molecule has 0 radical (unpaired) electrons. The van der Waals surface area contributed by atoms with Crippen molar-refractivity contribution in [2.24, 2.45) is 0 Å². The van der Waals surface area contributed by atoms with Gasteiger partial charge in [-0.05, 0) is 25.5 Å². The molecule has 0 bridgehead atoms. The molecule has 1 saturated heterocycles. The Morgan fingerprint density at radius 2 is 2.00 bits per heavy atom. The van der Waals surface area contributed by atoms with Gasteiger partial charge in [-0.2, -0.15) is 0 Å². The van der Waals surface area contributed by atoms with E-state index in [0.717, 1.165) is 26.1 Å². The Hall–Kier alpha value is -0.860. The van der Waals surface area contributed by atoms with Gasteiger partial charge in [0.2, 0.25) is 0 Å². The van der Waals surface area contributed by atoms with E-state index < -0.39 is 0 Å². The minimum atomic E-state index is -0.106. The summed E-state index contributed by atoms with van der Waals surface area (Å²) in [5.74, 6) is 0. The van der Waals surface area contributed by atoms with E-state index in [1.54, 1.807) is 0 Å². The van der Waals surface area contributed by atoms with Gasteiger partial charge in [-0.15, -0.1) is 0 Å². The normalized spacial score (nSPS) is 28.4. The van der Waals surface area contributed by atoms with E-state index in [0.29, 0.717) is 0 Å². The number of benzene rings is 1. The number of nitrogens with one attached hydrogen (secondary N) is 1. The van der Waals surface area contributed by atoms with Crippen LogP contribution in [0.15, 0.2) is 30.3 Å². The molecule has 0 spiro atoms. The van der Waals surface area contributed by atoms with Crippen molar-refractivity contribution in [1.82, 2.24) is 5.32 Å². The molecule has 1 unspecified atom stereocenters. The van der Waals surface area contributed by atoms with Gasteiger partial charge in [-0.1, -0.05) is 30.3 Å². The summed E-state index contributed by atoms with van der Waals surface area (Å²) in [5.41, 5.74) is 1.17. The summed E-state index contributed by atoms with van der Waals surface area (Å²) in [5, 5.41) is 3.35. The molecule has 2 rings (SSSR count). The molecule has 1 aromatic rings. The monoisotopic (exact) mass is 191 g/mol. The Morgan fingerprint density at radius 1 is 1.21 bits per heavy atom. The average Bonchev–Trinajstić information content (AvgIpc) is 2.46. The fourth-order valence-electron chi connectivity index (χ4n) is 1.89. The molecule has 14 heavy (non-hydrogen) atoms. The fraction of sp³-hybridized carbons (Fsp3) is 0.500. The molecular weight excluding hydrogens is 174 g/mol. The van der Waals surface area contributed by atoms with Crippen LogP contribution < -0.4 is 5.32 Å². The van der Waals surface area contributed by atoms with Gasteiger partial charge >= 0.3 is 0 Å². The lowest BCUT2D eigenvalue weighted by molar-refractivity contribution is -0.0276. The van der Waals surface area contributed by atoms with Crippen LogP contribution >= 0.6 is 0 Å². The van der Waals surface area contributed by atoms with E-state index in [1.165, 1.54) is 5.56 Å². The van der Waals surface area contributed by atoms with Crippen molar-refractivity contribution in [2.45, 2.75) is 18.9 Å². The number of hydrogen-bond acceptors (Lipinski definition) is 2. The second-order valence-electron chi connectivity index (χ2n) is 3.95. The number of ether oxygens (including phenoxy) is 1. The lowest BCUT2D eigenvalue weighted by Crippen LogP contribution is -2.26. The predicted molar refractivity (Wildman–Crippen MR) is 57.2 cm³/mol. The summed E-state index contributed by atoms with van der Waals surface area (Å²) >= 11 is 0. The lowest BCUT2D eigenvalue weighted by Gasteiger charge is -2.28. The second-order valence-corrected chi connectivity index (χ2v) is 3.95. The summed E-state index contributed by atoms with van der Waals surface area (Å²) in [7, 11) is 0. The molecule has 2 nitrogen and oxygen atoms in total. The highest BCUT2D eigenvalue weighted by Gasteiger charge is 2.28. The van der Waals surface area contributed by atoms with E-state index in [-0.39, 0.29) is 5.60 Å². The van der Waals surface area contributed by atoms with Crippen molar-refractivity contribution in [2.75, 3.05) is 19.7 Å². The molecule has 1 fully saturated rings. The largest absolute Gasteiger partial charge is 0.369 e. The van der Waals surface area contributed by atoms with Gasteiger partial charge in [0.15, 0.2) is 0 Å². The molecule has 0 saturated carbocycles. The molecule has 1 N–H and O–H groups in total. The van der Waals surface area contributed by atoms with Crippen LogP contribution in [0.5, 0.6) is 0 Å². The Balaban J connectivity index is 2.21. The van der Waals surface area contributed by atoms with Gasteiger partial charge in [-0.25, -0.2) is 0 Å². The van der Waals surface area contributed by atoms with Crippen molar-refractivity contribution in [3.05, 3.63) is 35.9 Å². The standard InChI is InChI=1S/C12H17NO/c1-12(7-8-13-9-10-14-12)11-5-3-2-4-6-11/h2-6,13H,7-10H2,1H3. The maximum absolute atomic E-state index is 5.91. The van der Waals surface area contributed by atoms with E-state index in [2.05, 4.69) is 36.5 Å². The molecule has 2 heteroatoms. The summed E-state index contributed by atoms with van der Waals surface area (Å²) in [4.78, 5) is 0. The first kappa shape index (κ1) is 9.69. The molecule has 0 aromatic heterocycles. The zero-order chi connectivity index (χ0) is 9.86. The van der Waals surface area contributed by atoms with Gasteiger partial charge in [0.1, 0.15) is 0 Å². The van der Waals surface area contributed by atoms with Gasteiger partial charge in [0.25, 0.3) is 0 Å². The molecule has 0 aliphatic carbocycles. The van der Waals surface area contributed by atoms with Crippen LogP contribution in [0.4, 0.5) is 0 Å². The SMILES string of the molecule is CC1(c2ccccc2)CCNCCO1. The average molecular weight is 191 g/mol. The van der Waals surface area contributed by atoms with Crippen LogP contribution in [-0.2, 0) is 10.3 Å². The quantitative estimate of drug-likeness (QED) is 0.732. The minimum absolute atomic E-state index is 0.106. The predicted octanol–water partition coefficient (Wildman–Crippen LogP) is 1.91. The van der Waals surface area contributed by atoms with Crippen LogP contribution in [0.3, 0.4) is 0 Å². The van der Waals surface area contributed by atoms with Crippen LogP contribution in [-0.4, -0.2) is 19.7 Å². The van der Waals surface area contributed by atoms with Crippen molar-refractivity contribution in [3.8, 4) is 0 Å². The van der Waals surface area contributed by atoms with E-state index in [4.69, 9.17) is 4.74 Å². The highest BCUT2D eigenvalue weighted by Crippen LogP contribution is 2.29. The van der Waals surface area contributed by atoms with Gasteiger partial charge in [0.05, 0.1) is 12.2 Å². The maximum atomic E-state index is 5.91. The lowest BCUT2D eigenvalue weighted by atomic mass is 9.92. The smallest absolute Gasteiger partial charge is 0.0916 e. The Labute approximate surface area is 85.3 Å². The highest BCUT2D eigenvalue weighted by molar-refractivity contribution is 5.22. The Kier molecular flexibility index (Phi) is 2.85. The van der Waals surface area contributed by atoms with Gasteiger partial charge in [-0.3, -0.25) is 0 Å². The second kappa shape index (κ2) is 4.11. The van der Waals surface area contributed by atoms with E-state index >= 15 is 0 Å². The first-order valence-electron chi connectivity index (χ1n) is 5.21. The first-order chi connectivity index (χ1) is 6.81. The van der Waals surface area contributed by atoms with E-state index in [1.807, 2.05) is 6.07 Å². The van der Waals surface area contributed by atoms with Crippen molar-refractivity contribution in [3.63, 3.8) is 0 Å². The van der Waals surface area contributed by atoms with Crippen LogP contribution in [0.2, 0.25) is 0 Å². The maximum Gasteiger partial charge on any atom is 0.0916 e. The summed E-state index contributed by atoms with van der Waals surface area (Å²) in [6.45, 7) is 4.97. The number of rotatable bonds is 1. The molecule has 0 amide bonds. The topological polar surface area (TPSA) is 21.3 Å². The summed E-state index contributed by atoms with van der Waals surface area (Å²) < 4.78 is 5.91. The fourth-order valence-corrected chi connectivity index (χ4v) is 1.89. The molecule has 1 heterocycles. The first-order valence-corrected chi connectivity index (χ1v) is 5.21. The van der Waals surface area contributed by atoms with Gasteiger partial charge in [0, 0.05) is 6.54 Å². The van der Waals surface area contributed by atoms with Crippen LogP contribution in [0.1, 0.15) is 18.9 Å². The molecule has 1 aliphatic rings. The minimum Gasteiger partial charge on any atom is -0.369 e. The van der Waals surface area contributed by atoms with Crippen molar-refractivity contribution in [1.29, 1.82) is 0 Å². The number of hydrogen-bond donors (Lipinski definition) is 1. The third kappa shape index (κ3) is 1.97. The third-order valence-electron chi connectivity index (χ3n) is 2.86. The molecular formula is C12H17NO. The van der Waals surface area contributed by atoms with Crippen molar-refractivity contribution >= 4 is 0 Å². The van der Waals surface area contributed by atoms with E-state index in [9.17, 15) is 0 Å².